The van der Waals surface area contributed by atoms with Crippen molar-refractivity contribution in [2.45, 2.75) is 24.8 Å². The van der Waals surface area contributed by atoms with Crippen LogP contribution in [0.1, 0.15) is 24.2 Å². The van der Waals surface area contributed by atoms with Crippen LogP contribution in [0.2, 0.25) is 0 Å². The molecule has 19 heavy (non-hydrogen) atoms. The van der Waals surface area contributed by atoms with Gasteiger partial charge in [0.15, 0.2) is 5.78 Å². The number of hydrogen-bond acceptors (Lipinski definition) is 4. The van der Waals surface area contributed by atoms with E-state index in [2.05, 4.69) is 10.0 Å². The lowest BCUT2D eigenvalue weighted by atomic mass is 10.2. The number of ketones is 1. The summed E-state index contributed by atoms with van der Waals surface area (Å²) in [6, 6.07) is 4.65. The summed E-state index contributed by atoms with van der Waals surface area (Å²) in [4.78, 5) is 22.4. The van der Waals surface area contributed by atoms with E-state index >= 15 is 0 Å². The van der Waals surface area contributed by atoms with Crippen molar-refractivity contribution in [2.75, 3.05) is 7.05 Å². The molecule has 0 spiro atoms. The second kappa shape index (κ2) is 5.94. The van der Waals surface area contributed by atoms with Gasteiger partial charge in [0.05, 0.1) is 10.9 Å². The molecule has 104 valence electrons. The van der Waals surface area contributed by atoms with Crippen LogP contribution in [-0.4, -0.2) is 33.2 Å². The molecule has 0 fully saturated rings. The van der Waals surface area contributed by atoms with Crippen LogP contribution in [0.3, 0.4) is 0 Å². The van der Waals surface area contributed by atoms with Gasteiger partial charge in [0.2, 0.25) is 15.9 Å². The Labute approximate surface area is 112 Å². The van der Waals surface area contributed by atoms with Crippen molar-refractivity contribution >= 4 is 21.7 Å². The number of Topliss-reactive ketones (excluding diaryl/α,β-unsaturated/α-hetero) is 1. The minimum Gasteiger partial charge on any atom is -0.358 e. The van der Waals surface area contributed by atoms with E-state index in [1.165, 1.54) is 45.2 Å². The average Bonchev–Trinajstić information content (AvgIpc) is 2.37. The third-order valence-electron chi connectivity index (χ3n) is 2.54. The van der Waals surface area contributed by atoms with Crippen molar-refractivity contribution in [1.82, 2.24) is 10.0 Å². The van der Waals surface area contributed by atoms with Gasteiger partial charge in [-0.1, -0.05) is 12.1 Å². The van der Waals surface area contributed by atoms with Gasteiger partial charge in [0, 0.05) is 12.6 Å². The fraction of sp³-hybridized carbons (Fsp3) is 0.333. The van der Waals surface area contributed by atoms with Gasteiger partial charge in [-0.05, 0) is 26.0 Å². The zero-order chi connectivity index (χ0) is 14.6. The normalized spacial score (nSPS) is 12.8. The number of amides is 1. The topological polar surface area (TPSA) is 92.3 Å². The molecule has 0 aromatic heterocycles. The second-order valence-electron chi connectivity index (χ2n) is 4.04. The first-order valence-corrected chi connectivity index (χ1v) is 7.11. The molecular weight excluding hydrogens is 268 g/mol. The monoisotopic (exact) mass is 284 g/mol. The van der Waals surface area contributed by atoms with Gasteiger partial charge < -0.3 is 5.32 Å². The summed E-state index contributed by atoms with van der Waals surface area (Å²) in [6.07, 6.45) is 0. The molecule has 1 unspecified atom stereocenters. The molecule has 0 aliphatic carbocycles. The third-order valence-corrected chi connectivity index (χ3v) is 4.10. The van der Waals surface area contributed by atoms with E-state index in [0.717, 1.165) is 0 Å². The first kappa shape index (κ1) is 15.3. The number of hydrogen-bond donors (Lipinski definition) is 2. The molecule has 1 atom stereocenters. The van der Waals surface area contributed by atoms with Crippen LogP contribution in [0, 0.1) is 0 Å². The van der Waals surface area contributed by atoms with E-state index in [1.54, 1.807) is 0 Å². The molecule has 0 saturated carbocycles. The Morgan fingerprint density at radius 2 is 1.68 bits per heavy atom. The molecule has 1 amide bonds. The highest BCUT2D eigenvalue weighted by molar-refractivity contribution is 7.89. The molecule has 0 heterocycles. The second-order valence-corrected chi connectivity index (χ2v) is 5.75. The summed E-state index contributed by atoms with van der Waals surface area (Å²) in [5.74, 6) is -0.570. The number of likely N-dealkylation sites (N-methyl/N-ethyl adjacent to an activating group) is 1. The van der Waals surface area contributed by atoms with Crippen LogP contribution in [-0.2, 0) is 14.8 Å². The van der Waals surface area contributed by atoms with E-state index in [9.17, 15) is 18.0 Å². The standard InChI is InChI=1S/C12H16N2O4S/c1-8(12(16)13-3)14-19(17,18)11-6-4-10(5-7-11)9(2)15/h4-8,14H,1-3H3,(H,13,16). The van der Waals surface area contributed by atoms with Crippen LogP contribution in [0.25, 0.3) is 0 Å². The molecule has 1 aromatic rings. The Bertz CT molecular complexity index is 578. The van der Waals surface area contributed by atoms with Gasteiger partial charge >= 0.3 is 0 Å². The molecule has 0 aliphatic heterocycles. The van der Waals surface area contributed by atoms with Crippen molar-refractivity contribution in [3.8, 4) is 0 Å². The van der Waals surface area contributed by atoms with E-state index in [-0.39, 0.29) is 10.7 Å². The summed E-state index contributed by atoms with van der Waals surface area (Å²) in [5.41, 5.74) is 0.429. The predicted molar refractivity (Wildman–Crippen MR) is 70.3 cm³/mol. The molecular formula is C12H16N2O4S. The first-order valence-electron chi connectivity index (χ1n) is 5.63. The Balaban J connectivity index is 2.94. The van der Waals surface area contributed by atoms with Gasteiger partial charge in [0.25, 0.3) is 0 Å². The smallest absolute Gasteiger partial charge is 0.241 e. The summed E-state index contributed by atoms with van der Waals surface area (Å²) < 4.78 is 26.2. The van der Waals surface area contributed by atoms with Gasteiger partial charge in [-0.15, -0.1) is 0 Å². The number of nitrogens with one attached hydrogen (secondary N) is 2. The fourth-order valence-corrected chi connectivity index (χ4v) is 2.64. The average molecular weight is 284 g/mol. The van der Waals surface area contributed by atoms with E-state index in [0.29, 0.717) is 5.56 Å². The summed E-state index contributed by atoms with van der Waals surface area (Å²) >= 11 is 0. The Kier molecular flexibility index (Phi) is 4.79. The highest BCUT2D eigenvalue weighted by Crippen LogP contribution is 2.11. The summed E-state index contributed by atoms with van der Waals surface area (Å²) in [5, 5.41) is 2.35. The van der Waals surface area contributed by atoms with Crippen molar-refractivity contribution in [1.29, 1.82) is 0 Å². The van der Waals surface area contributed by atoms with Crippen LogP contribution < -0.4 is 10.0 Å². The minimum absolute atomic E-state index is 0.00764. The number of carbonyl (C=O) groups excluding carboxylic acids is 2. The lowest BCUT2D eigenvalue weighted by Gasteiger charge is -2.12. The maximum atomic E-state index is 12.0. The van der Waals surface area contributed by atoms with Gasteiger partial charge in [-0.25, -0.2) is 8.42 Å². The Morgan fingerprint density at radius 3 is 2.11 bits per heavy atom. The van der Waals surface area contributed by atoms with E-state index in [4.69, 9.17) is 0 Å². The minimum atomic E-state index is -3.78. The van der Waals surface area contributed by atoms with Crippen LogP contribution in [0.4, 0.5) is 0 Å². The van der Waals surface area contributed by atoms with Crippen molar-refractivity contribution in [2.24, 2.45) is 0 Å². The highest BCUT2D eigenvalue weighted by atomic mass is 32.2. The molecule has 0 bridgehead atoms. The van der Waals surface area contributed by atoms with E-state index < -0.39 is 22.0 Å². The van der Waals surface area contributed by atoms with Crippen molar-refractivity contribution < 1.29 is 18.0 Å². The lowest BCUT2D eigenvalue weighted by molar-refractivity contribution is -0.121. The molecule has 1 rings (SSSR count). The van der Waals surface area contributed by atoms with E-state index in [1.807, 2.05) is 0 Å². The van der Waals surface area contributed by atoms with Crippen LogP contribution in [0.15, 0.2) is 29.2 Å². The van der Waals surface area contributed by atoms with Crippen molar-refractivity contribution in [3.63, 3.8) is 0 Å². The Morgan fingerprint density at radius 1 is 1.16 bits per heavy atom. The molecule has 6 nitrogen and oxygen atoms in total. The molecule has 1 aromatic carbocycles. The summed E-state index contributed by atoms with van der Waals surface area (Å²) in [7, 11) is -2.35. The molecule has 0 aliphatic rings. The fourth-order valence-electron chi connectivity index (χ4n) is 1.44. The first-order chi connectivity index (χ1) is 8.77. The van der Waals surface area contributed by atoms with Crippen LogP contribution in [0.5, 0.6) is 0 Å². The van der Waals surface area contributed by atoms with Gasteiger partial charge in [-0.2, -0.15) is 4.72 Å². The van der Waals surface area contributed by atoms with Crippen molar-refractivity contribution in [3.05, 3.63) is 29.8 Å². The quantitative estimate of drug-likeness (QED) is 0.761. The Hall–Kier alpha value is -1.73. The molecule has 0 saturated heterocycles. The number of sulfonamides is 1. The zero-order valence-electron chi connectivity index (χ0n) is 10.9. The SMILES string of the molecule is CNC(=O)C(C)NS(=O)(=O)c1ccc(C(C)=O)cc1. The lowest BCUT2D eigenvalue weighted by Crippen LogP contribution is -2.43. The highest BCUT2D eigenvalue weighted by Gasteiger charge is 2.21. The largest absolute Gasteiger partial charge is 0.358 e. The van der Waals surface area contributed by atoms with Gasteiger partial charge in [0.1, 0.15) is 0 Å². The predicted octanol–water partition coefficient (Wildman–Crippen LogP) is 0.302. The maximum Gasteiger partial charge on any atom is 0.241 e. The zero-order valence-corrected chi connectivity index (χ0v) is 11.7. The number of carbonyl (C=O) groups is 2. The maximum absolute atomic E-state index is 12.0. The van der Waals surface area contributed by atoms with Gasteiger partial charge in [-0.3, -0.25) is 9.59 Å². The molecule has 0 radical (unpaired) electrons. The summed E-state index contributed by atoms with van der Waals surface area (Å²) in [6.45, 7) is 2.84. The number of benzene rings is 1. The van der Waals surface area contributed by atoms with Crippen LogP contribution >= 0.6 is 0 Å². The number of rotatable bonds is 5. The molecule has 7 heteroatoms. The third kappa shape index (κ3) is 3.87. The molecule has 2 N–H and O–H groups in total.